The molecule has 0 saturated carbocycles. The van der Waals surface area contributed by atoms with Crippen LogP contribution >= 0.6 is 11.6 Å². The number of nitrogens with one attached hydrogen (secondary N) is 1. The lowest BCUT2D eigenvalue weighted by Gasteiger charge is -2.30. The topological polar surface area (TPSA) is 78.7 Å². The van der Waals surface area contributed by atoms with E-state index < -0.39 is 0 Å². The molecule has 1 aliphatic rings. The predicted octanol–water partition coefficient (Wildman–Crippen LogP) is 3.20. The highest BCUT2D eigenvalue weighted by Gasteiger charge is 2.21. The van der Waals surface area contributed by atoms with Crippen molar-refractivity contribution in [2.24, 2.45) is 0 Å². The number of aryl methyl sites for hydroxylation is 1. The van der Waals surface area contributed by atoms with E-state index in [0.29, 0.717) is 28.7 Å². The van der Waals surface area contributed by atoms with Crippen molar-refractivity contribution in [3.63, 3.8) is 0 Å². The zero-order chi connectivity index (χ0) is 19.9. The van der Waals surface area contributed by atoms with Crippen LogP contribution in [0.5, 0.6) is 0 Å². The van der Waals surface area contributed by atoms with Crippen LogP contribution in [0.3, 0.4) is 0 Å². The number of halogens is 1. The maximum atomic E-state index is 13.0. The monoisotopic (exact) mass is 404 g/mol. The van der Waals surface area contributed by atoms with Crippen molar-refractivity contribution in [3.8, 4) is 0 Å². The van der Waals surface area contributed by atoms with Crippen molar-refractivity contribution in [3.05, 3.63) is 46.7 Å². The largest absolute Gasteiger partial charge is 0.360 e. The van der Waals surface area contributed by atoms with Gasteiger partial charge in [-0.05, 0) is 57.1 Å². The molecule has 0 aliphatic carbocycles. The molecule has 0 unspecified atom stereocenters. The summed E-state index contributed by atoms with van der Waals surface area (Å²) in [7, 11) is 0. The fourth-order valence-corrected chi connectivity index (χ4v) is 3.38. The van der Waals surface area contributed by atoms with Crippen molar-refractivity contribution < 1.29 is 14.1 Å². The van der Waals surface area contributed by atoms with Gasteiger partial charge in [0.2, 0.25) is 5.91 Å². The summed E-state index contributed by atoms with van der Waals surface area (Å²) in [5, 5.41) is 7.00. The van der Waals surface area contributed by atoms with Crippen molar-refractivity contribution in [1.29, 1.82) is 0 Å². The van der Waals surface area contributed by atoms with E-state index in [1.807, 2.05) is 0 Å². The highest BCUT2D eigenvalue weighted by atomic mass is 35.5. The second-order valence-electron chi connectivity index (χ2n) is 7.01. The zero-order valence-electron chi connectivity index (χ0n) is 16.0. The summed E-state index contributed by atoms with van der Waals surface area (Å²) in [6, 6.07) is 8.34. The third-order valence-electron chi connectivity index (χ3n) is 4.74. The molecule has 1 fully saturated rings. The molecular weight excluding hydrogens is 380 g/mol. The molecule has 1 aromatic carbocycles. The van der Waals surface area contributed by atoms with Crippen molar-refractivity contribution >= 4 is 29.2 Å². The molecule has 150 valence electrons. The number of likely N-dealkylation sites (tertiary alicyclic amines) is 1. The van der Waals surface area contributed by atoms with Crippen LogP contribution in [0.15, 0.2) is 34.9 Å². The molecule has 0 radical (unpaired) electrons. The summed E-state index contributed by atoms with van der Waals surface area (Å²) in [4.78, 5) is 29.3. The van der Waals surface area contributed by atoms with Gasteiger partial charge in [-0.15, -0.1) is 0 Å². The molecular formula is C20H25ClN4O3. The van der Waals surface area contributed by atoms with Gasteiger partial charge in [-0.3, -0.25) is 9.59 Å². The van der Waals surface area contributed by atoms with Gasteiger partial charge in [0.15, 0.2) is 5.82 Å². The maximum absolute atomic E-state index is 13.0. The minimum atomic E-state index is -0.311. The van der Waals surface area contributed by atoms with Crippen LogP contribution in [0.1, 0.15) is 35.4 Å². The Morgan fingerprint density at radius 3 is 2.57 bits per heavy atom. The lowest BCUT2D eigenvalue weighted by atomic mass is 10.1. The summed E-state index contributed by atoms with van der Waals surface area (Å²) < 4.78 is 4.96. The lowest BCUT2D eigenvalue weighted by Crippen LogP contribution is -2.43. The minimum absolute atomic E-state index is 0.0544. The third kappa shape index (κ3) is 5.81. The Labute approximate surface area is 169 Å². The first-order valence-corrected chi connectivity index (χ1v) is 9.89. The summed E-state index contributed by atoms with van der Waals surface area (Å²) in [5.41, 5.74) is 0.508. The number of anilines is 1. The van der Waals surface area contributed by atoms with Crippen LogP contribution in [0, 0.1) is 6.92 Å². The molecule has 1 aliphatic heterocycles. The smallest absolute Gasteiger partial charge is 0.254 e. The predicted molar refractivity (Wildman–Crippen MR) is 108 cm³/mol. The summed E-state index contributed by atoms with van der Waals surface area (Å²) >= 11 is 5.92. The average molecular weight is 405 g/mol. The van der Waals surface area contributed by atoms with Gasteiger partial charge >= 0.3 is 0 Å². The van der Waals surface area contributed by atoms with Gasteiger partial charge in [-0.25, -0.2) is 0 Å². The van der Waals surface area contributed by atoms with Gasteiger partial charge in [0.25, 0.3) is 5.91 Å². The molecule has 0 spiro atoms. The summed E-state index contributed by atoms with van der Waals surface area (Å²) in [6.45, 7) is 4.99. The van der Waals surface area contributed by atoms with Crippen LogP contribution in [0.4, 0.5) is 5.82 Å². The van der Waals surface area contributed by atoms with Crippen LogP contribution in [-0.4, -0.2) is 59.5 Å². The number of hydrogen-bond donors (Lipinski definition) is 1. The quantitative estimate of drug-likeness (QED) is 0.766. The van der Waals surface area contributed by atoms with Gasteiger partial charge in [0, 0.05) is 29.7 Å². The Bertz CT molecular complexity index is 800. The number of amides is 2. The Kier molecular flexibility index (Phi) is 7.06. The minimum Gasteiger partial charge on any atom is -0.360 e. The molecule has 8 heteroatoms. The Morgan fingerprint density at radius 1 is 1.21 bits per heavy atom. The molecule has 3 rings (SSSR count). The third-order valence-corrected chi connectivity index (χ3v) is 5.00. The molecule has 2 amide bonds. The second kappa shape index (κ2) is 9.71. The molecule has 1 N–H and O–H groups in total. The zero-order valence-corrected chi connectivity index (χ0v) is 16.7. The van der Waals surface area contributed by atoms with E-state index in [1.165, 1.54) is 19.3 Å². The first-order valence-electron chi connectivity index (χ1n) is 9.51. The Balaban J connectivity index is 1.66. The SMILES string of the molecule is Cc1cc(NC(=O)CN(CCN2CCCCC2)C(=O)c2ccc(Cl)cc2)no1. The normalized spacial score (nSPS) is 14.6. The first-order chi connectivity index (χ1) is 13.5. The molecule has 0 bridgehead atoms. The van der Waals surface area contributed by atoms with E-state index >= 15 is 0 Å². The molecule has 2 heterocycles. The lowest BCUT2D eigenvalue weighted by molar-refractivity contribution is -0.117. The molecule has 28 heavy (non-hydrogen) atoms. The number of piperidine rings is 1. The van der Waals surface area contributed by atoms with Crippen molar-refractivity contribution in [2.75, 3.05) is 38.0 Å². The van der Waals surface area contributed by atoms with Crippen molar-refractivity contribution in [2.45, 2.75) is 26.2 Å². The maximum Gasteiger partial charge on any atom is 0.254 e. The number of aromatic nitrogens is 1. The highest BCUT2D eigenvalue weighted by molar-refractivity contribution is 6.30. The fourth-order valence-electron chi connectivity index (χ4n) is 3.25. The molecule has 0 atom stereocenters. The number of rotatable bonds is 7. The van der Waals surface area contributed by atoms with E-state index in [0.717, 1.165) is 19.6 Å². The number of hydrogen-bond acceptors (Lipinski definition) is 5. The van der Waals surface area contributed by atoms with E-state index in [2.05, 4.69) is 15.4 Å². The summed E-state index contributed by atoms with van der Waals surface area (Å²) in [6.07, 6.45) is 3.61. The van der Waals surface area contributed by atoms with Gasteiger partial charge < -0.3 is 19.6 Å². The van der Waals surface area contributed by atoms with Crippen LogP contribution < -0.4 is 5.32 Å². The van der Waals surface area contributed by atoms with Crippen LogP contribution in [-0.2, 0) is 4.79 Å². The first kappa shape index (κ1) is 20.4. The van der Waals surface area contributed by atoms with E-state index in [4.69, 9.17) is 16.1 Å². The molecule has 2 aromatic rings. The summed E-state index contributed by atoms with van der Waals surface area (Å²) in [5.74, 6) is 0.446. The van der Waals surface area contributed by atoms with E-state index in [1.54, 1.807) is 42.2 Å². The Morgan fingerprint density at radius 2 is 1.93 bits per heavy atom. The van der Waals surface area contributed by atoms with Crippen LogP contribution in [0.25, 0.3) is 0 Å². The molecule has 7 nitrogen and oxygen atoms in total. The van der Waals surface area contributed by atoms with Gasteiger partial charge in [0.1, 0.15) is 12.3 Å². The van der Waals surface area contributed by atoms with Crippen molar-refractivity contribution in [1.82, 2.24) is 15.0 Å². The van der Waals surface area contributed by atoms with E-state index in [-0.39, 0.29) is 18.4 Å². The van der Waals surface area contributed by atoms with Crippen LogP contribution in [0.2, 0.25) is 5.02 Å². The fraction of sp³-hybridized carbons (Fsp3) is 0.450. The van der Waals surface area contributed by atoms with E-state index in [9.17, 15) is 9.59 Å². The number of nitrogens with zero attached hydrogens (tertiary/aromatic N) is 3. The Hall–Kier alpha value is -2.38. The standard InChI is InChI=1S/C20H25ClN4O3/c1-15-13-18(23-28-15)22-19(26)14-25(12-11-24-9-3-2-4-10-24)20(27)16-5-7-17(21)8-6-16/h5-8,13H,2-4,9-12,14H2,1H3,(H,22,23,26). The molecule has 1 saturated heterocycles. The average Bonchev–Trinajstić information content (AvgIpc) is 3.10. The second-order valence-corrected chi connectivity index (χ2v) is 7.44. The molecule has 1 aromatic heterocycles. The number of benzene rings is 1. The van der Waals surface area contributed by atoms with Gasteiger partial charge in [-0.2, -0.15) is 0 Å². The number of carbonyl (C=O) groups is 2. The van der Waals surface area contributed by atoms with Gasteiger partial charge in [-0.1, -0.05) is 23.2 Å². The highest BCUT2D eigenvalue weighted by Crippen LogP contribution is 2.13. The number of carbonyl (C=O) groups excluding carboxylic acids is 2. The van der Waals surface area contributed by atoms with Gasteiger partial charge in [0.05, 0.1) is 0 Å².